The van der Waals surface area contributed by atoms with Crippen molar-refractivity contribution in [2.24, 2.45) is 23.2 Å². The Morgan fingerprint density at radius 2 is 1.88 bits per heavy atom. The van der Waals surface area contributed by atoms with Crippen LogP contribution in [0, 0.1) is 23.2 Å². The molecule has 0 amide bonds. The van der Waals surface area contributed by atoms with Crippen LogP contribution in [0.25, 0.3) is 0 Å². The van der Waals surface area contributed by atoms with Gasteiger partial charge in [-0.25, -0.2) is 4.98 Å². The van der Waals surface area contributed by atoms with Crippen LogP contribution in [-0.2, 0) is 6.54 Å². The first-order chi connectivity index (χ1) is 11.2. The molecule has 0 aromatic carbocycles. The number of halogens is 1. The molecule has 3 heteroatoms. The third kappa shape index (κ3) is 6.37. The fraction of sp³-hybridized carbons (Fsp3) is 0.762. The van der Waals surface area contributed by atoms with E-state index >= 15 is 0 Å². The molecule has 1 aliphatic carbocycles. The lowest BCUT2D eigenvalue weighted by atomic mass is 9.68. The quantitative estimate of drug-likeness (QED) is 0.581. The molecule has 0 radical (unpaired) electrons. The molecule has 1 heterocycles. The van der Waals surface area contributed by atoms with Crippen molar-refractivity contribution in [2.45, 2.75) is 66.3 Å². The molecule has 2 nitrogen and oxygen atoms in total. The van der Waals surface area contributed by atoms with Crippen LogP contribution in [0.15, 0.2) is 18.3 Å². The van der Waals surface area contributed by atoms with E-state index in [0.29, 0.717) is 10.6 Å². The smallest absolute Gasteiger partial charge is 0.129 e. The summed E-state index contributed by atoms with van der Waals surface area (Å²) in [5.74, 6) is 2.61. The first-order valence-electron chi connectivity index (χ1n) is 9.53. The van der Waals surface area contributed by atoms with Gasteiger partial charge in [0.25, 0.3) is 0 Å². The molecule has 1 saturated carbocycles. The third-order valence-corrected chi connectivity index (χ3v) is 5.90. The SMILES string of the molecule is CC(CC1CCC(C(C)(C)C)CC1)CN(C)Cc1ccc(Cl)nc1. The first-order valence-corrected chi connectivity index (χ1v) is 9.91. The molecule has 24 heavy (non-hydrogen) atoms. The summed E-state index contributed by atoms with van der Waals surface area (Å²) in [5.41, 5.74) is 1.73. The summed E-state index contributed by atoms with van der Waals surface area (Å²) < 4.78 is 0. The summed E-state index contributed by atoms with van der Waals surface area (Å²) in [7, 11) is 2.21. The number of nitrogens with zero attached hydrogens (tertiary/aromatic N) is 2. The van der Waals surface area contributed by atoms with Gasteiger partial charge in [-0.1, -0.05) is 58.2 Å². The number of hydrogen-bond donors (Lipinski definition) is 0. The van der Waals surface area contributed by atoms with Gasteiger partial charge in [0.05, 0.1) is 0 Å². The van der Waals surface area contributed by atoms with Crippen molar-refractivity contribution in [1.82, 2.24) is 9.88 Å². The van der Waals surface area contributed by atoms with Gasteiger partial charge < -0.3 is 4.90 Å². The van der Waals surface area contributed by atoms with Crippen molar-refractivity contribution in [3.05, 3.63) is 29.0 Å². The predicted molar refractivity (Wildman–Crippen MR) is 104 cm³/mol. The third-order valence-electron chi connectivity index (χ3n) is 5.67. The highest BCUT2D eigenvalue weighted by Crippen LogP contribution is 2.41. The molecule has 0 bridgehead atoms. The maximum atomic E-state index is 5.85. The molecule has 0 aliphatic heterocycles. The van der Waals surface area contributed by atoms with Crippen LogP contribution in [0.4, 0.5) is 0 Å². The second kappa shape index (κ2) is 8.67. The Morgan fingerprint density at radius 3 is 2.42 bits per heavy atom. The molecule has 1 aromatic heterocycles. The highest BCUT2D eigenvalue weighted by atomic mass is 35.5. The minimum Gasteiger partial charge on any atom is -0.302 e. The first kappa shape index (κ1) is 19.7. The van der Waals surface area contributed by atoms with Crippen molar-refractivity contribution < 1.29 is 0 Å². The molecule has 1 atom stereocenters. The Bertz CT molecular complexity index is 484. The van der Waals surface area contributed by atoms with E-state index in [0.717, 1.165) is 30.8 Å². The molecule has 0 N–H and O–H groups in total. The average molecular weight is 351 g/mol. The van der Waals surface area contributed by atoms with Crippen LogP contribution >= 0.6 is 11.6 Å². The maximum Gasteiger partial charge on any atom is 0.129 e. The maximum absolute atomic E-state index is 5.85. The van der Waals surface area contributed by atoms with E-state index in [-0.39, 0.29) is 0 Å². The Labute approximate surface area is 154 Å². The molecule has 0 saturated heterocycles. The molecule has 1 aromatic rings. The van der Waals surface area contributed by atoms with Gasteiger partial charge in [0, 0.05) is 19.3 Å². The summed E-state index contributed by atoms with van der Waals surface area (Å²) in [6.07, 6.45) is 8.96. The Hall–Kier alpha value is -0.600. The summed E-state index contributed by atoms with van der Waals surface area (Å²) >= 11 is 5.85. The number of pyridine rings is 1. The number of aromatic nitrogens is 1. The minimum absolute atomic E-state index is 0.490. The van der Waals surface area contributed by atoms with Crippen LogP contribution in [0.2, 0.25) is 5.15 Å². The molecular weight excluding hydrogens is 316 g/mol. The molecule has 136 valence electrons. The summed E-state index contributed by atoms with van der Waals surface area (Å²) in [4.78, 5) is 6.58. The van der Waals surface area contributed by atoms with Crippen molar-refractivity contribution in [2.75, 3.05) is 13.6 Å². The van der Waals surface area contributed by atoms with Gasteiger partial charge in [-0.05, 0) is 61.1 Å². The summed E-state index contributed by atoms with van der Waals surface area (Å²) in [6.45, 7) is 11.7. The number of hydrogen-bond acceptors (Lipinski definition) is 2. The van der Waals surface area contributed by atoms with Crippen molar-refractivity contribution >= 4 is 11.6 Å². The highest BCUT2D eigenvalue weighted by molar-refractivity contribution is 6.29. The zero-order valence-electron chi connectivity index (χ0n) is 16.2. The van der Waals surface area contributed by atoms with Crippen LogP contribution in [0.5, 0.6) is 0 Å². The molecule has 1 aliphatic rings. The lowest BCUT2D eigenvalue weighted by molar-refractivity contribution is 0.135. The lowest BCUT2D eigenvalue weighted by Gasteiger charge is -2.38. The van der Waals surface area contributed by atoms with E-state index in [4.69, 9.17) is 11.6 Å². The molecular formula is C21H35ClN2. The van der Waals surface area contributed by atoms with Gasteiger partial charge in [-0.3, -0.25) is 0 Å². The van der Waals surface area contributed by atoms with E-state index < -0.39 is 0 Å². The average Bonchev–Trinajstić information content (AvgIpc) is 2.49. The summed E-state index contributed by atoms with van der Waals surface area (Å²) in [5, 5.41) is 0.570. The summed E-state index contributed by atoms with van der Waals surface area (Å²) in [6, 6.07) is 3.95. The Morgan fingerprint density at radius 1 is 1.21 bits per heavy atom. The van der Waals surface area contributed by atoms with Gasteiger partial charge in [-0.15, -0.1) is 0 Å². The van der Waals surface area contributed by atoms with Gasteiger partial charge in [0.1, 0.15) is 5.15 Å². The normalized spacial score (nSPS) is 23.5. The van der Waals surface area contributed by atoms with Crippen LogP contribution in [0.1, 0.15) is 65.4 Å². The van der Waals surface area contributed by atoms with Crippen molar-refractivity contribution in [1.29, 1.82) is 0 Å². The van der Waals surface area contributed by atoms with E-state index in [2.05, 4.69) is 50.7 Å². The van der Waals surface area contributed by atoms with Gasteiger partial charge in [-0.2, -0.15) is 0 Å². The fourth-order valence-electron chi connectivity index (χ4n) is 4.32. The van der Waals surface area contributed by atoms with Crippen LogP contribution < -0.4 is 0 Å². The second-order valence-electron chi connectivity index (χ2n) is 9.11. The van der Waals surface area contributed by atoms with Crippen molar-refractivity contribution in [3.8, 4) is 0 Å². The van der Waals surface area contributed by atoms with Gasteiger partial charge in [0.2, 0.25) is 0 Å². The Kier molecular flexibility index (Phi) is 7.12. The zero-order chi connectivity index (χ0) is 17.7. The molecule has 1 fully saturated rings. The van der Waals surface area contributed by atoms with Gasteiger partial charge in [0.15, 0.2) is 0 Å². The molecule has 2 rings (SSSR count). The van der Waals surface area contributed by atoms with E-state index in [1.165, 1.54) is 37.7 Å². The molecule has 0 spiro atoms. The number of rotatable bonds is 6. The predicted octanol–water partition coefficient (Wildman–Crippen LogP) is 6.05. The van der Waals surface area contributed by atoms with E-state index in [1.54, 1.807) is 0 Å². The fourth-order valence-corrected chi connectivity index (χ4v) is 4.43. The monoisotopic (exact) mass is 350 g/mol. The lowest BCUT2D eigenvalue weighted by Crippen LogP contribution is -2.29. The standard InChI is InChI=1S/C21H35ClN2/c1-16(12-17-6-9-19(10-7-17)21(2,3)4)14-24(5)15-18-8-11-20(22)23-13-18/h8,11,13,16-17,19H,6-7,9-10,12,14-15H2,1-5H3. The van der Waals surface area contributed by atoms with Crippen LogP contribution in [-0.4, -0.2) is 23.5 Å². The highest BCUT2D eigenvalue weighted by Gasteiger charge is 2.30. The van der Waals surface area contributed by atoms with Crippen LogP contribution in [0.3, 0.4) is 0 Å². The van der Waals surface area contributed by atoms with Gasteiger partial charge >= 0.3 is 0 Å². The van der Waals surface area contributed by atoms with Crippen molar-refractivity contribution in [3.63, 3.8) is 0 Å². The largest absolute Gasteiger partial charge is 0.302 e. The topological polar surface area (TPSA) is 16.1 Å². The zero-order valence-corrected chi connectivity index (χ0v) is 16.9. The second-order valence-corrected chi connectivity index (χ2v) is 9.50. The molecule has 1 unspecified atom stereocenters. The minimum atomic E-state index is 0.490. The Balaban J connectivity index is 1.71. The van der Waals surface area contributed by atoms with E-state index in [9.17, 15) is 0 Å². The van der Waals surface area contributed by atoms with E-state index in [1.807, 2.05) is 12.3 Å².